The molecule has 4 aliphatic carbocycles. The third-order valence-corrected chi connectivity index (χ3v) is 6.54. The maximum Gasteiger partial charge on any atom is 0.325 e. The molecule has 0 spiro atoms. The summed E-state index contributed by atoms with van der Waals surface area (Å²) < 4.78 is 5.09. The summed E-state index contributed by atoms with van der Waals surface area (Å²) in [5.74, 6) is 1.95. The smallest absolute Gasteiger partial charge is 0.325 e. The van der Waals surface area contributed by atoms with E-state index in [4.69, 9.17) is 4.74 Å². The van der Waals surface area contributed by atoms with Gasteiger partial charge in [-0.15, -0.1) is 0 Å². The van der Waals surface area contributed by atoms with Crippen LogP contribution in [0.25, 0.3) is 0 Å². The van der Waals surface area contributed by atoms with Gasteiger partial charge < -0.3 is 15.0 Å². The standard InChI is InChI=1S/C22H30N2O3/c1-2-27-20(25)15-24(14-16-6-4-3-5-7-16)21(26)23-22-11-17-8-18(12-22)10-19(9-17)13-22/h3-7,17-19H,2,8-15H2,1H3,(H,23,26). The van der Waals surface area contributed by atoms with Crippen LogP contribution in [0.5, 0.6) is 0 Å². The second-order valence-corrected chi connectivity index (χ2v) is 8.77. The lowest BCUT2D eigenvalue weighted by Crippen LogP contribution is -2.62. The molecule has 0 aromatic heterocycles. The summed E-state index contributed by atoms with van der Waals surface area (Å²) in [6.45, 7) is 2.52. The van der Waals surface area contributed by atoms with Crippen LogP contribution in [0.1, 0.15) is 51.0 Å². The SMILES string of the molecule is CCOC(=O)CN(Cc1ccccc1)C(=O)NC12CC3CC(CC(C3)C1)C2. The number of carbonyl (C=O) groups excluding carboxylic acids is 2. The predicted molar refractivity (Wildman–Crippen MR) is 103 cm³/mol. The number of carbonyl (C=O) groups is 2. The number of nitrogens with zero attached hydrogens (tertiary/aromatic N) is 1. The fourth-order valence-electron chi connectivity index (χ4n) is 5.94. The molecule has 1 aromatic carbocycles. The minimum Gasteiger partial charge on any atom is -0.465 e. The van der Waals surface area contributed by atoms with Gasteiger partial charge in [-0.3, -0.25) is 4.79 Å². The van der Waals surface area contributed by atoms with Crippen LogP contribution in [0.3, 0.4) is 0 Å². The molecule has 0 aliphatic heterocycles. The van der Waals surface area contributed by atoms with Crippen LogP contribution in [0.15, 0.2) is 30.3 Å². The van der Waals surface area contributed by atoms with Gasteiger partial charge in [0.05, 0.1) is 6.61 Å². The van der Waals surface area contributed by atoms with Crippen molar-refractivity contribution >= 4 is 12.0 Å². The summed E-state index contributed by atoms with van der Waals surface area (Å²) in [7, 11) is 0. The molecule has 4 aliphatic rings. The van der Waals surface area contributed by atoms with Crippen LogP contribution in [0.2, 0.25) is 0 Å². The second kappa shape index (κ2) is 7.53. The number of amides is 2. The van der Waals surface area contributed by atoms with Crippen molar-refractivity contribution in [3.05, 3.63) is 35.9 Å². The van der Waals surface area contributed by atoms with Crippen molar-refractivity contribution in [3.63, 3.8) is 0 Å². The van der Waals surface area contributed by atoms with E-state index >= 15 is 0 Å². The Kier molecular flexibility index (Phi) is 5.11. The van der Waals surface area contributed by atoms with Gasteiger partial charge in [-0.05, 0) is 68.8 Å². The van der Waals surface area contributed by atoms with Crippen LogP contribution in [0.4, 0.5) is 4.79 Å². The van der Waals surface area contributed by atoms with E-state index in [0.29, 0.717) is 13.2 Å². The highest BCUT2D eigenvalue weighted by molar-refractivity contribution is 5.81. The molecule has 5 heteroatoms. The highest BCUT2D eigenvalue weighted by Crippen LogP contribution is 2.55. The fourth-order valence-corrected chi connectivity index (χ4v) is 5.94. The normalized spacial score (nSPS) is 30.8. The Morgan fingerprint density at radius 2 is 1.67 bits per heavy atom. The Labute approximate surface area is 161 Å². The van der Waals surface area contributed by atoms with Gasteiger partial charge in [-0.25, -0.2) is 4.79 Å². The number of esters is 1. The van der Waals surface area contributed by atoms with Crippen LogP contribution in [-0.4, -0.2) is 35.6 Å². The highest BCUT2D eigenvalue weighted by Gasteiger charge is 2.51. The number of hydrogen-bond acceptors (Lipinski definition) is 3. The Balaban J connectivity index is 1.47. The molecule has 5 nitrogen and oxygen atoms in total. The quantitative estimate of drug-likeness (QED) is 0.776. The molecule has 4 saturated carbocycles. The molecule has 0 radical (unpaired) electrons. The van der Waals surface area contributed by atoms with Gasteiger partial charge in [-0.2, -0.15) is 0 Å². The first kappa shape index (κ1) is 18.3. The molecule has 4 bridgehead atoms. The van der Waals surface area contributed by atoms with E-state index in [1.165, 1.54) is 19.3 Å². The van der Waals surface area contributed by atoms with Gasteiger partial charge in [0.1, 0.15) is 6.54 Å². The van der Waals surface area contributed by atoms with E-state index in [1.807, 2.05) is 30.3 Å². The van der Waals surface area contributed by atoms with Gasteiger partial charge in [0.15, 0.2) is 0 Å². The topological polar surface area (TPSA) is 58.6 Å². The van der Waals surface area contributed by atoms with E-state index < -0.39 is 0 Å². The van der Waals surface area contributed by atoms with Crippen LogP contribution in [0, 0.1) is 17.8 Å². The molecule has 4 fully saturated rings. The van der Waals surface area contributed by atoms with E-state index in [-0.39, 0.29) is 24.1 Å². The number of ether oxygens (including phenoxy) is 1. The maximum atomic E-state index is 13.2. The zero-order chi connectivity index (χ0) is 18.9. The lowest BCUT2D eigenvalue weighted by Gasteiger charge is -2.57. The average molecular weight is 370 g/mol. The third kappa shape index (κ3) is 4.12. The monoisotopic (exact) mass is 370 g/mol. The molecule has 5 rings (SSSR count). The first-order valence-electron chi connectivity index (χ1n) is 10.3. The van der Waals surface area contributed by atoms with E-state index in [2.05, 4.69) is 5.32 Å². The van der Waals surface area contributed by atoms with E-state index in [9.17, 15) is 9.59 Å². The molecular weight excluding hydrogens is 340 g/mol. The summed E-state index contributed by atoms with van der Waals surface area (Å²) in [6.07, 6.45) is 7.32. The molecule has 0 saturated heterocycles. The van der Waals surface area contributed by atoms with Gasteiger partial charge in [-0.1, -0.05) is 30.3 Å². The Morgan fingerprint density at radius 1 is 1.07 bits per heavy atom. The largest absolute Gasteiger partial charge is 0.465 e. The molecule has 27 heavy (non-hydrogen) atoms. The second-order valence-electron chi connectivity index (χ2n) is 8.77. The van der Waals surface area contributed by atoms with Gasteiger partial charge in [0.25, 0.3) is 0 Å². The number of nitrogens with one attached hydrogen (secondary N) is 1. The highest BCUT2D eigenvalue weighted by atomic mass is 16.5. The molecule has 1 aromatic rings. The van der Waals surface area contributed by atoms with Crippen LogP contribution >= 0.6 is 0 Å². The molecule has 0 atom stereocenters. The van der Waals surface area contributed by atoms with Gasteiger partial charge in [0.2, 0.25) is 0 Å². The summed E-state index contributed by atoms with van der Waals surface area (Å²) in [6, 6.07) is 9.69. The Morgan fingerprint density at radius 3 is 2.22 bits per heavy atom. The first-order valence-corrected chi connectivity index (χ1v) is 10.3. The molecular formula is C22H30N2O3. The molecule has 146 valence electrons. The van der Waals surface area contributed by atoms with Gasteiger partial charge >= 0.3 is 12.0 Å². The summed E-state index contributed by atoms with van der Waals surface area (Å²) in [5.41, 5.74) is 0.956. The summed E-state index contributed by atoms with van der Waals surface area (Å²) >= 11 is 0. The van der Waals surface area contributed by atoms with Crippen molar-refractivity contribution in [1.29, 1.82) is 0 Å². The molecule has 0 unspecified atom stereocenters. The summed E-state index contributed by atoms with van der Waals surface area (Å²) in [5, 5.41) is 3.37. The Hall–Kier alpha value is -2.04. The minimum atomic E-state index is -0.353. The average Bonchev–Trinajstić information content (AvgIpc) is 2.60. The van der Waals surface area contributed by atoms with Crippen molar-refractivity contribution in [3.8, 4) is 0 Å². The van der Waals surface area contributed by atoms with Crippen molar-refractivity contribution in [2.24, 2.45) is 17.8 Å². The van der Waals surface area contributed by atoms with Crippen molar-refractivity contribution < 1.29 is 14.3 Å². The van der Waals surface area contributed by atoms with E-state index in [0.717, 1.165) is 42.6 Å². The fraction of sp³-hybridized carbons (Fsp3) is 0.636. The molecule has 1 N–H and O–H groups in total. The van der Waals surface area contributed by atoms with Crippen LogP contribution < -0.4 is 5.32 Å². The van der Waals surface area contributed by atoms with Crippen molar-refractivity contribution in [2.45, 2.75) is 57.5 Å². The number of hydrogen-bond donors (Lipinski definition) is 1. The predicted octanol–water partition coefficient (Wildman–Crippen LogP) is 3.73. The molecule has 2 amide bonds. The third-order valence-electron chi connectivity index (χ3n) is 6.54. The number of benzene rings is 1. The molecule has 0 heterocycles. The van der Waals surface area contributed by atoms with Crippen molar-refractivity contribution in [1.82, 2.24) is 10.2 Å². The van der Waals surface area contributed by atoms with Crippen molar-refractivity contribution in [2.75, 3.05) is 13.2 Å². The minimum absolute atomic E-state index is 0.0130. The number of urea groups is 1. The number of rotatable bonds is 6. The zero-order valence-corrected chi connectivity index (χ0v) is 16.2. The van der Waals surface area contributed by atoms with Gasteiger partial charge in [0, 0.05) is 12.1 Å². The lowest BCUT2D eigenvalue weighted by atomic mass is 9.53. The first-order chi connectivity index (χ1) is 13.0. The summed E-state index contributed by atoms with van der Waals surface area (Å²) in [4.78, 5) is 26.9. The maximum absolute atomic E-state index is 13.2. The van der Waals surface area contributed by atoms with Crippen LogP contribution in [-0.2, 0) is 16.1 Å². The van der Waals surface area contributed by atoms with E-state index in [1.54, 1.807) is 11.8 Å². The zero-order valence-electron chi connectivity index (χ0n) is 16.2. The lowest BCUT2D eigenvalue weighted by molar-refractivity contribution is -0.143. The Bertz CT molecular complexity index is 653.